The fourth-order valence-corrected chi connectivity index (χ4v) is 3.14. The van der Waals surface area contributed by atoms with Crippen molar-refractivity contribution in [3.63, 3.8) is 0 Å². The lowest BCUT2D eigenvalue weighted by molar-refractivity contribution is 0.0535. The Morgan fingerprint density at radius 2 is 1.07 bits per heavy atom. The van der Waals surface area contributed by atoms with Crippen molar-refractivity contribution >= 4 is 11.8 Å². The number of hydrogen-bond donors (Lipinski definition) is 0. The fraction of sp³-hybridized carbons (Fsp3) is 0.333. The third-order valence-electron chi connectivity index (χ3n) is 4.79. The van der Waals surface area contributed by atoms with E-state index in [-0.39, 0.29) is 11.8 Å². The molecule has 0 aromatic heterocycles. The minimum absolute atomic E-state index is 0.0437. The van der Waals surface area contributed by atoms with Gasteiger partial charge in [0.1, 0.15) is 17.2 Å². The van der Waals surface area contributed by atoms with Gasteiger partial charge in [-0.2, -0.15) is 0 Å². The van der Waals surface area contributed by atoms with Crippen LogP contribution in [0.2, 0.25) is 0 Å². The van der Waals surface area contributed by atoms with E-state index in [0.29, 0.717) is 54.6 Å². The molecule has 1 fully saturated rings. The number of amides is 2. The zero-order chi connectivity index (χ0) is 20.1. The Morgan fingerprint density at radius 3 is 1.50 bits per heavy atom. The van der Waals surface area contributed by atoms with Gasteiger partial charge in [-0.15, -0.1) is 0 Å². The standard InChI is InChI=1S/C21H24N2O5/c1-26-17-6-4-15(5-7-17)20(24)22-8-10-23(11-9-22)21(25)16-12-18(27-2)14-19(13-16)28-3/h4-7,12-14H,8-11H2,1-3H3. The van der Waals surface area contributed by atoms with E-state index in [2.05, 4.69) is 0 Å². The first kappa shape index (κ1) is 19.5. The van der Waals surface area contributed by atoms with Crippen LogP contribution in [0.15, 0.2) is 42.5 Å². The van der Waals surface area contributed by atoms with Crippen LogP contribution >= 0.6 is 0 Å². The molecule has 0 unspecified atom stereocenters. The minimum atomic E-state index is -0.103. The van der Waals surface area contributed by atoms with E-state index in [4.69, 9.17) is 14.2 Å². The summed E-state index contributed by atoms with van der Waals surface area (Å²) >= 11 is 0. The Kier molecular flexibility index (Phi) is 6.03. The molecule has 3 rings (SSSR count). The highest BCUT2D eigenvalue weighted by atomic mass is 16.5. The second-order valence-electron chi connectivity index (χ2n) is 6.41. The van der Waals surface area contributed by atoms with Crippen molar-refractivity contribution in [1.82, 2.24) is 9.80 Å². The van der Waals surface area contributed by atoms with Crippen molar-refractivity contribution in [1.29, 1.82) is 0 Å². The van der Waals surface area contributed by atoms with Crippen molar-refractivity contribution in [2.24, 2.45) is 0 Å². The van der Waals surface area contributed by atoms with E-state index in [1.54, 1.807) is 73.6 Å². The molecule has 148 valence electrons. The molecule has 0 radical (unpaired) electrons. The van der Waals surface area contributed by atoms with Gasteiger partial charge in [-0.05, 0) is 36.4 Å². The van der Waals surface area contributed by atoms with Gasteiger partial charge in [0.25, 0.3) is 11.8 Å². The number of nitrogens with zero attached hydrogens (tertiary/aromatic N) is 2. The monoisotopic (exact) mass is 384 g/mol. The molecule has 7 heteroatoms. The molecule has 0 aliphatic carbocycles. The maximum atomic E-state index is 12.9. The third kappa shape index (κ3) is 4.19. The second kappa shape index (κ2) is 8.65. The Labute approximate surface area is 164 Å². The maximum absolute atomic E-state index is 12.9. The van der Waals surface area contributed by atoms with Crippen molar-refractivity contribution in [3.8, 4) is 17.2 Å². The van der Waals surface area contributed by atoms with Gasteiger partial charge >= 0.3 is 0 Å². The molecule has 1 aliphatic heterocycles. The van der Waals surface area contributed by atoms with Gasteiger partial charge in [-0.1, -0.05) is 0 Å². The van der Waals surface area contributed by atoms with Crippen LogP contribution in [0.4, 0.5) is 0 Å². The van der Waals surface area contributed by atoms with Crippen LogP contribution in [0.5, 0.6) is 17.2 Å². The average Bonchev–Trinajstić information content (AvgIpc) is 2.77. The largest absolute Gasteiger partial charge is 0.497 e. The molecule has 0 saturated carbocycles. The second-order valence-corrected chi connectivity index (χ2v) is 6.41. The van der Waals surface area contributed by atoms with Gasteiger partial charge in [0.15, 0.2) is 0 Å². The van der Waals surface area contributed by atoms with Crippen LogP contribution in [0.3, 0.4) is 0 Å². The Hall–Kier alpha value is -3.22. The lowest BCUT2D eigenvalue weighted by Crippen LogP contribution is -2.50. The lowest BCUT2D eigenvalue weighted by Gasteiger charge is -2.35. The quantitative estimate of drug-likeness (QED) is 0.791. The Morgan fingerprint density at radius 1 is 0.643 bits per heavy atom. The lowest BCUT2D eigenvalue weighted by atomic mass is 10.1. The molecule has 7 nitrogen and oxygen atoms in total. The summed E-state index contributed by atoms with van der Waals surface area (Å²) in [5.74, 6) is 1.69. The van der Waals surface area contributed by atoms with Crippen LogP contribution in [-0.2, 0) is 0 Å². The SMILES string of the molecule is COc1ccc(C(=O)N2CCN(C(=O)c3cc(OC)cc(OC)c3)CC2)cc1. The molecular formula is C21H24N2O5. The topological polar surface area (TPSA) is 68.3 Å². The van der Waals surface area contributed by atoms with E-state index in [0.717, 1.165) is 0 Å². The number of rotatable bonds is 5. The number of ether oxygens (including phenoxy) is 3. The number of hydrogen-bond acceptors (Lipinski definition) is 5. The average molecular weight is 384 g/mol. The molecule has 2 amide bonds. The van der Waals surface area contributed by atoms with E-state index in [1.165, 1.54) is 0 Å². The first-order chi connectivity index (χ1) is 13.5. The minimum Gasteiger partial charge on any atom is -0.497 e. The van der Waals surface area contributed by atoms with Crippen molar-refractivity contribution < 1.29 is 23.8 Å². The molecule has 2 aromatic rings. The number of piperazine rings is 1. The van der Waals surface area contributed by atoms with Crippen LogP contribution in [-0.4, -0.2) is 69.1 Å². The first-order valence-electron chi connectivity index (χ1n) is 9.01. The highest BCUT2D eigenvalue weighted by molar-refractivity contribution is 5.96. The van der Waals surface area contributed by atoms with Gasteiger partial charge in [-0.25, -0.2) is 0 Å². The fourth-order valence-electron chi connectivity index (χ4n) is 3.14. The van der Waals surface area contributed by atoms with Crippen LogP contribution in [0.25, 0.3) is 0 Å². The zero-order valence-corrected chi connectivity index (χ0v) is 16.3. The van der Waals surface area contributed by atoms with E-state index >= 15 is 0 Å². The predicted octanol–water partition coefficient (Wildman–Crippen LogP) is 2.31. The maximum Gasteiger partial charge on any atom is 0.254 e. The zero-order valence-electron chi connectivity index (χ0n) is 16.3. The smallest absolute Gasteiger partial charge is 0.254 e. The number of methoxy groups -OCH3 is 3. The van der Waals surface area contributed by atoms with Crippen LogP contribution in [0, 0.1) is 0 Å². The summed E-state index contributed by atoms with van der Waals surface area (Å²) in [6, 6.07) is 12.1. The van der Waals surface area contributed by atoms with Gasteiger partial charge in [0, 0.05) is 43.4 Å². The number of carbonyl (C=O) groups is 2. The summed E-state index contributed by atoms with van der Waals surface area (Å²) in [7, 11) is 4.68. The Bertz CT molecular complexity index is 820. The summed E-state index contributed by atoms with van der Waals surface area (Å²) in [5, 5.41) is 0. The van der Waals surface area contributed by atoms with Gasteiger partial charge in [0.2, 0.25) is 0 Å². The normalized spacial score (nSPS) is 13.8. The van der Waals surface area contributed by atoms with Gasteiger partial charge < -0.3 is 24.0 Å². The number of benzene rings is 2. The molecule has 0 spiro atoms. The van der Waals surface area contributed by atoms with E-state index in [9.17, 15) is 9.59 Å². The summed E-state index contributed by atoms with van der Waals surface area (Å²) in [6.07, 6.45) is 0. The molecule has 0 bridgehead atoms. The summed E-state index contributed by atoms with van der Waals surface area (Å²) in [5.41, 5.74) is 1.12. The highest BCUT2D eigenvalue weighted by Crippen LogP contribution is 2.24. The van der Waals surface area contributed by atoms with Crippen molar-refractivity contribution in [2.45, 2.75) is 0 Å². The van der Waals surface area contributed by atoms with Crippen molar-refractivity contribution in [2.75, 3.05) is 47.5 Å². The summed E-state index contributed by atoms with van der Waals surface area (Å²) in [4.78, 5) is 29.0. The molecule has 28 heavy (non-hydrogen) atoms. The predicted molar refractivity (Wildman–Crippen MR) is 104 cm³/mol. The van der Waals surface area contributed by atoms with Gasteiger partial charge in [0.05, 0.1) is 21.3 Å². The summed E-state index contributed by atoms with van der Waals surface area (Å²) in [6.45, 7) is 1.91. The first-order valence-corrected chi connectivity index (χ1v) is 9.01. The number of carbonyl (C=O) groups excluding carboxylic acids is 2. The molecule has 1 aliphatic rings. The van der Waals surface area contributed by atoms with E-state index in [1.807, 2.05) is 0 Å². The molecule has 0 N–H and O–H groups in total. The van der Waals surface area contributed by atoms with Crippen molar-refractivity contribution in [3.05, 3.63) is 53.6 Å². The third-order valence-corrected chi connectivity index (χ3v) is 4.79. The van der Waals surface area contributed by atoms with Crippen LogP contribution < -0.4 is 14.2 Å². The summed E-state index contributed by atoms with van der Waals surface area (Å²) < 4.78 is 15.6. The highest BCUT2D eigenvalue weighted by Gasteiger charge is 2.26. The van der Waals surface area contributed by atoms with Crippen LogP contribution in [0.1, 0.15) is 20.7 Å². The molecule has 1 heterocycles. The van der Waals surface area contributed by atoms with Gasteiger partial charge in [-0.3, -0.25) is 9.59 Å². The molecule has 0 atom stereocenters. The molecule has 2 aromatic carbocycles. The Balaban J connectivity index is 1.64. The molecule has 1 saturated heterocycles. The van der Waals surface area contributed by atoms with E-state index < -0.39 is 0 Å². The molecular weight excluding hydrogens is 360 g/mol.